The van der Waals surface area contributed by atoms with Gasteiger partial charge in [0.2, 0.25) is 5.91 Å². The summed E-state index contributed by atoms with van der Waals surface area (Å²) in [5.41, 5.74) is 2.90. The van der Waals surface area contributed by atoms with Crippen molar-refractivity contribution in [2.75, 3.05) is 5.32 Å². The van der Waals surface area contributed by atoms with Gasteiger partial charge in [-0.25, -0.2) is 9.97 Å². The molecule has 22 heavy (non-hydrogen) atoms. The van der Waals surface area contributed by atoms with Crippen LogP contribution in [-0.4, -0.2) is 20.3 Å². The highest BCUT2D eigenvalue weighted by molar-refractivity contribution is 6.30. The molecular formula is C16H15ClN4O. The van der Waals surface area contributed by atoms with Crippen molar-refractivity contribution in [3.8, 4) is 0 Å². The smallest absolute Gasteiger partial charge is 0.225 e. The molecule has 0 bridgehead atoms. The number of carbonyl (C=O) groups excluding carboxylic acids is 1. The molecule has 0 saturated carbocycles. The Hall–Kier alpha value is -2.40. The average molecular weight is 315 g/mol. The van der Waals surface area contributed by atoms with E-state index >= 15 is 0 Å². The fourth-order valence-corrected chi connectivity index (χ4v) is 2.46. The molecule has 6 heteroatoms. The van der Waals surface area contributed by atoms with Gasteiger partial charge in [-0.2, -0.15) is 0 Å². The zero-order valence-electron chi connectivity index (χ0n) is 12.1. The maximum Gasteiger partial charge on any atom is 0.225 e. The van der Waals surface area contributed by atoms with Gasteiger partial charge in [0.25, 0.3) is 0 Å². The zero-order valence-corrected chi connectivity index (χ0v) is 12.8. The van der Waals surface area contributed by atoms with E-state index in [1.54, 1.807) is 12.1 Å². The quantitative estimate of drug-likeness (QED) is 0.804. The third-order valence-corrected chi connectivity index (χ3v) is 3.64. The van der Waals surface area contributed by atoms with Crippen LogP contribution in [-0.2, 0) is 11.2 Å². The second-order valence-electron chi connectivity index (χ2n) is 4.98. The first-order chi connectivity index (χ1) is 10.6. The topological polar surface area (TPSA) is 59.3 Å². The number of aryl methyl sites for hydroxylation is 2. The lowest BCUT2D eigenvalue weighted by atomic mass is 10.2. The monoisotopic (exact) mass is 314 g/mol. The summed E-state index contributed by atoms with van der Waals surface area (Å²) in [5.74, 6) is 0.421. The van der Waals surface area contributed by atoms with Crippen LogP contribution in [0.25, 0.3) is 5.65 Å². The Morgan fingerprint density at radius 3 is 2.95 bits per heavy atom. The summed E-state index contributed by atoms with van der Waals surface area (Å²) in [6.07, 6.45) is 4.46. The summed E-state index contributed by atoms with van der Waals surface area (Å²) in [6, 6.07) is 9.23. The number of imidazole rings is 1. The molecule has 1 amide bonds. The Kier molecular flexibility index (Phi) is 4.06. The first-order valence-corrected chi connectivity index (χ1v) is 7.35. The Morgan fingerprint density at radius 1 is 1.32 bits per heavy atom. The normalized spacial score (nSPS) is 10.8. The number of hydrogen-bond acceptors (Lipinski definition) is 3. The van der Waals surface area contributed by atoms with Gasteiger partial charge in [-0.05, 0) is 37.6 Å². The van der Waals surface area contributed by atoms with E-state index < -0.39 is 0 Å². The summed E-state index contributed by atoms with van der Waals surface area (Å²) >= 11 is 5.76. The largest absolute Gasteiger partial charge is 0.311 e. The van der Waals surface area contributed by atoms with Crippen molar-refractivity contribution >= 4 is 29.0 Å². The Bertz CT molecular complexity index is 811. The van der Waals surface area contributed by atoms with E-state index in [-0.39, 0.29) is 5.91 Å². The first-order valence-electron chi connectivity index (χ1n) is 6.97. The molecule has 0 aromatic carbocycles. The summed E-state index contributed by atoms with van der Waals surface area (Å²) in [6.45, 7) is 1.96. The van der Waals surface area contributed by atoms with Gasteiger partial charge in [-0.3, -0.25) is 4.79 Å². The minimum Gasteiger partial charge on any atom is -0.311 e. The number of halogens is 1. The van der Waals surface area contributed by atoms with Crippen LogP contribution < -0.4 is 5.32 Å². The Morgan fingerprint density at radius 2 is 2.18 bits per heavy atom. The fraction of sp³-hybridized carbons (Fsp3) is 0.188. The minimum absolute atomic E-state index is 0.0832. The van der Waals surface area contributed by atoms with Crippen LogP contribution >= 0.6 is 11.6 Å². The number of pyridine rings is 2. The maximum atomic E-state index is 12.0. The molecule has 0 aliphatic rings. The molecule has 0 aliphatic heterocycles. The number of hydrogen-bond donors (Lipinski definition) is 1. The van der Waals surface area contributed by atoms with Crippen LogP contribution in [0.4, 0.5) is 5.82 Å². The van der Waals surface area contributed by atoms with Crippen LogP contribution in [0, 0.1) is 6.92 Å². The average Bonchev–Trinajstić information content (AvgIpc) is 2.83. The van der Waals surface area contributed by atoms with Gasteiger partial charge in [0.1, 0.15) is 11.5 Å². The summed E-state index contributed by atoms with van der Waals surface area (Å²) < 4.78 is 2.02. The minimum atomic E-state index is -0.0832. The SMILES string of the molecule is Cc1nc2ccccn2c1CCC(=O)Nc1ccc(Cl)cn1. The van der Waals surface area contributed by atoms with Crippen molar-refractivity contribution in [2.45, 2.75) is 19.8 Å². The van der Waals surface area contributed by atoms with Crippen LogP contribution in [0.1, 0.15) is 17.8 Å². The fourth-order valence-electron chi connectivity index (χ4n) is 2.35. The van der Waals surface area contributed by atoms with Crippen LogP contribution in [0.3, 0.4) is 0 Å². The lowest BCUT2D eigenvalue weighted by Gasteiger charge is -2.05. The highest BCUT2D eigenvalue weighted by Gasteiger charge is 2.10. The second kappa shape index (κ2) is 6.15. The molecule has 1 N–H and O–H groups in total. The molecule has 0 unspecified atom stereocenters. The Balaban J connectivity index is 1.67. The lowest BCUT2D eigenvalue weighted by molar-refractivity contribution is -0.116. The summed E-state index contributed by atoms with van der Waals surface area (Å²) in [5, 5.41) is 3.30. The number of nitrogens with one attached hydrogen (secondary N) is 1. The highest BCUT2D eigenvalue weighted by atomic mass is 35.5. The van der Waals surface area contributed by atoms with Crippen molar-refractivity contribution in [1.82, 2.24) is 14.4 Å². The van der Waals surface area contributed by atoms with Gasteiger partial charge in [-0.1, -0.05) is 17.7 Å². The molecule has 3 rings (SSSR count). The molecule has 3 aromatic heterocycles. The molecular weight excluding hydrogens is 300 g/mol. The van der Waals surface area contributed by atoms with Crippen LogP contribution in [0.5, 0.6) is 0 Å². The van der Waals surface area contributed by atoms with E-state index in [9.17, 15) is 4.79 Å². The molecule has 0 atom stereocenters. The van der Waals surface area contributed by atoms with Gasteiger partial charge < -0.3 is 9.72 Å². The van der Waals surface area contributed by atoms with E-state index in [1.165, 1.54) is 6.20 Å². The molecule has 0 fully saturated rings. The summed E-state index contributed by atoms with van der Waals surface area (Å²) in [7, 11) is 0. The zero-order chi connectivity index (χ0) is 15.5. The van der Waals surface area contributed by atoms with Crippen molar-refractivity contribution in [3.05, 3.63) is 59.1 Å². The van der Waals surface area contributed by atoms with Crippen molar-refractivity contribution in [2.24, 2.45) is 0 Å². The number of aromatic nitrogens is 3. The first kappa shape index (κ1) is 14.5. The number of fused-ring (bicyclic) bond motifs is 1. The van der Waals surface area contributed by atoms with Gasteiger partial charge in [0, 0.05) is 24.5 Å². The van der Waals surface area contributed by atoms with Crippen molar-refractivity contribution in [3.63, 3.8) is 0 Å². The predicted octanol–water partition coefficient (Wildman–Crippen LogP) is 3.26. The third kappa shape index (κ3) is 3.09. The van der Waals surface area contributed by atoms with Gasteiger partial charge in [0.15, 0.2) is 0 Å². The molecule has 0 aliphatic carbocycles. The predicted molar refractivity (Wildman–Crippen MR) is 86.1 cm³/mol. The molecule has 3 aromatic rings. The van der Waals surface area contributed by atoms with E-state index in [0.29, 0.717) is 23.7 Å². The van der Waals surface area contributed by atoms with Crippen LogP contribution in [0.2, 0.25) is 5.02 Å². The van der Waals surface area contributed by atoms with Crippen LogP contribution in [0.15, 0.2) is 42.7 Å². The lowest BCUT2D eigenvalue weighted by Crippen LogP contribution is -2.14. The van der Waals surface area contributed by atoms with E-state index in [4.69, 9.17) is 11.6 Å². The van der Waals surface area contributed by atoms with Gasteiger partial charge in [0.05, 0.1) is 10.7 Å². The van der Waals surface area contributed by atoms with Gasteiger partial charge in [-0.15, -0.1) is 0 Å². The molecule has 0 radical (unpaired) electrons. The van der Waals surface area contributed by atoms with Gasteiger partial charge >= 0.3 is 0 Å². The van der Waals surface area contributed by atoms with E-state index in [0.717, 1.165) is 17.0 Å². The number of rotatable bonds is 4. The van der Waals surface area contributed by atoms with Crippen molar-refractivity contribution in [1.29, 1.82) is 0 Å². The van der Waals surface area contributed by atoms with E-state index in [1.807, 2.05) is 35.7 Å². The maximum absolute atomic E-state index is 12.0. The van der Waals surface area contributed by atoms with E-state index in [2.05, 4.69) is 15.3 Å². The number of anilines is 1. The number of carbonyl (C=O) groups is 1. The standard InChI is InChI=1S/C16H15ClN4O/c1-11-13(21-9-3-2-4-15(21)19-11)6-8-16(22)20-14-7-5-12(17)10-18-14/h2-5,7,9-10H,6,8H2,1H3,(H,18,20,22). The summed E-state index contributed by atoms with van der Waals surface area (Å²) in [4.78, 5) is 20.6. The third-order valence-electron chi connectivity index (χ3n) is 3.41. The molecule has 112 valence electrons. The molecule has 3 heterocycles. The number of amides is 1. The Labute approximate surface area is 133 Å². The molecule has 5 nitrogen and oxygen atoms in total. The highest BCUT2D eigenvalue weighted by Crippen LogP contribution is 2.14. The molecule has 0 saturated heterocycles. The number of nitrogens with zero attached hydrogens (tertiary/aromatic N) is 3. The van der Waals surface area contributed by atoms with Crippen molar-refractivity contribution < 1.29 is 4.79 Å². The molecule has 0 spiro atoms. The second-order valence-corrected chi connectivity index (χ2v) is 5.42.